The van der Waals surface area contributed by atoms with Crippen molar-refractivity contribution < 1.29 is 14.3 Å². The van der Waals surface area contributed by atoms with Gasteiger partial charge in [-0.2, -0.15) is 0 Å². The standard InChI is InChI=1S/C18H28N2O3/c1-12-9-14(10-13(2)17(12)22-4)11-20(3)18(21)16(19)15-5-7-23-8-6-15/h9-10,15-16H,5-8,11,19H2,1-4H3. The molecule has 1 unspecified atom stereocenters. The second-order valence-corrected chi connectivity index (χ2v) is 6.43. The quantitative estimate of drug-likeness (QED) is 0.901. The van der Waals surface area contributed by atoms with E-state index >= 15 is 0 Å². The van der Waals surface area contributed by atoms with Crippen molar-refractivity contribution >= 4 is 5.91 Å². The lowest BCUT2D eigenvalue weighted by Gasteiger charge is -2.30. The molecule has 128 valence electrons. The van der Waals surface area contributed by atoms with Crippen molar-refractivity contribution in [1.29, 1.82) is 0 Å². The molecular formula is C18H28N2O3. The van der Waals surface area contributed by atoms with Crippen LogP contribution in [0.5, 0.6) is 5.75 Å². The molecule has 1 atom stereocenters. The molecule has 0 spiro atoms. The first-order valence-corrected chi connectivity index (χ1v) is 8.16. The van der Waals surface area contributed by atoms with Gasteiger partial charge in [-0.3, -0.25) is 4.79 Å². The summed E-state index contributed by atoms with van der Waals surface area (Å²) in [4.78, 5) is 14.3. The number of carbonyl (C=O) groups excluding carboxylic acids is 1. The predicted molar refractivity (Wildman–Crippen MR) is 90.5 cm³/mol. The van der Waals surface area contributed by atoms with E-state index in [9.17, 15) is 4.79 Å². The van der Waals surface area contributed by atoms with E-state index in [1.54, 1.807) is 12.0 Å². The van der Waals surface area contributed by atoms with Crippen LogP contribution < -0.4 is 10.5 Å². The van der Waals surface area contributed by atoms with Crippen molar-refractivity contribution in [3.8, 4) is 5.75 Å². The number of nitrogens with two attached hydrogens (primary N) is 1. The van der Waals surface area contributed by atoms with E-state index in [-0.39, 0.29) is 11.8 Å². The number of amides is 1. The summed E-state index contributed by atoms with van der Waals surface area (Å²) < 4.78 is 10.7. The summed E-state index contributed by atoms with van der Waals surface area (Å²) in [5.41, 5.74) is 9.44. The van der Waals surface area contributed by atoms with Gasteiger partial charge < -0.3 is 20.1 Å². The summed E-state index contributed by atoms with van der Waals surface area (Å²) in [6, 6.07) is 3.69. The van der Waals surface area contributed by atoms with Gasteiger partial charge in [0.1, 0.15) is 5.75 Å². The van der Waals surface area contributed by atoms with E-state index in [0.29, 0.717) is 19.8 Å². The zero-order chi connectivity index (χ0) is 17.0. The second kappa shape index (κ2) is 7.79. The third-order valence-electron chi connectivity index (χ3n) is 4.58. The van der Waals surface area contributed by atoms with Crippen LogP contribution in [0.15, 0.2) is 12.1 Å². The van der Waals surface area contributed by atoms with Crippen molar-refractivity contribution in [1.82, 2.24) is 4.90 Å². The fourth-order valence-corrected chi connectivity index (χ4v) is 3.34. The fourth-order valence-electron chi connectivity index (χ4n) is 3.34. The highest BCUT2D eigenvalue weighted by atomic mass is 16.5. The topological polar surface area (TPSA) is 64.8 Å². The monoisotopic (exact) mass is 320 g/mol. The minimum atomic E-state index is -0.440. The predicted octanol–water partition coefficient (Wildman–Crippen LogP) is 2.02. The maximum absolute atomic E-state index is 12.6. The second-order valence-electron chi connectivity index (χ2n) is 6.43. The summed E-state index contributed by atoms with van der Waals surface area (Å²) in [6.45, 7) is 6.00. The van der Waals surface area contributed by atoms with Crippen molar-refractivity contribution in [2.75, 3.05) is 27.4 Å². The van der Waals surface area contributed by atoms with E-state index in [2.05, 4.69) is 12.1 Å². The van der Waals surface area contributed by atoms with Crippen molar-refractivity contribution in [2.24, 2.45) is 11.7 Å². The molecule has 5 nitrogen and oxygen atoms in total. The zero-order valence-electron chi connectivity index (χ0n) is 14.6. The summed E-state index contributed by atoms with van der Waals surface area (Å²) in [5, 5.41) is 0. The molecule has 1 amide bonds. The van der Waals surface area contributed by atoms with Gasteiger partial charge in [0.2, 0.25) is 5.91 Å². The summed E-state index contributed by atoms with van der Waals surface area (Å²) >= 11 is 0. The third-order valence-corrected chi connectivity index (χ3v) is 4.58. The van der Waals surface area contributed by atoms with E-state index in [4.69, 9.17) is 15.2 Å². The molecule has 0 saturated carbocycles. The normalized spacial score (nSPS) is 16.9. The SMILES string of the molecule is COc1c(C)cc(CN(C)C(=O)C(N)C2CCOCC2)cc1C. The van der Waals surface area contributed by atoms with Crippen LogP contribution in [0.4, 0.5) is 0 Å². The molecule has 2 N–H and O–H groups in total. The van der Waals surface area contributed by atoms with Crippen LogP contribution in [0.3, 0.4) is 0 Å². The number of hydrogen-bond donors (Lipinski definition) is 1. The Balaban J connectivity index is 2.03. The molecule has 5 heteroatoms. The lowest BCUT2D eigenvalue weighted by atomic mass is 9.91. The van der Waals surface area contributed by atoms with Crippen molar-refractivity contribution in [3.05, 3.63) is 28.8 Å². The van der Waals surface area contributed by atoms with Crippen molar-refractivity contribution in [3.63, 3.8) is 0 Å². The molecule has 0 aromatic heterocycles. The molecule has 1 aliphatic heterocycles. The van der Waals surface area contributed by atoms with Gasteiger partial charge in [-0.15, -0.1) is 0 Å². The summed E-state index contributed by atoms with van der Waals surface area (Å²) in [7, 11) is 3.49. The molecule has 1 aromatic rings. The minimum Gasteiger partial charge on any atom is -0.496 e. The molecule has 1 aromatic carbocycles. The highest BCUT2D eigenvalue weighted by Crippen LogP contribution is 2.25. The number of hydrogen-bond acceptors (Lipinski definition) is 4. The van der Waals surface area contributed by atoms with Crippen LogP contribution in [-0.4, -0.2) is 44.2 Å². The highest BCUT2D eigenvalue weighted by molar-refractivity contribution is 5.81. The van der Waals surface area contributed by atoms with E-state index in [1.165, 1.54) is 0 Å². The molecule has 2 rings (SSSR count). The first kappa shape index (κ1) is 17.8. The Labute approximate surface area is 138 Å². The third kappa shape index (κ3) is 4.24. The van der Waals surface area contributed by atoms with E-state index in [0.717, 1.165) is 35.3 Å². The molecule has 1 saturated heterocycles. The van der Waals surface area contributed by atoms with Gasteiger partial charge in [0, 0.05) is 26.8 Å². The van der Waals surface area contributed by atoms with Gasteiger partial charge in [-0.1, -0.05) is 12.1 Å². The van der Waals surface area contributed by atoms with Gasteiger partial charge in [-0.05, 0) is 49.3 Å². The van der Waals surface area contributed by atoms with Gasteiger partial charge in [0.15, 0.2) is 0 Å². The highest BCUT2D eigenvalue weighted by Gasteiger charge is 2.28. The number of carbonyl (C=O) groups is 1. The average Bonchev–Trinajstić information content (AvgIpc) is 2.54. The Morgan fingerprint density at radius 1 is 1.35 bits per heavy atom. The molecule has 1 fully saturated rings. The number of nitrogens with zero attached hydrogens (tertiary/aromatic N) is 1. The fraction of sp³-hybridized carbons (Fsp3) is 0.611. The number of ether oxygens (including phenoxy) is 2. The van der Waals surface area contributed by atoms with Gasteiger partial charge in [0.25, 0.3) is 0 Å². The van der Waals surface area contributed by atoms with E-state index < -0.39 is 6.04 Å². The first-order valence-electron chi connectivity index (χ1n) is 8.16. The van der Waals surface area contributed by atoms with E-state index in [1.807, 2.05) is 20.9 Å². The van der Waals surface area contributed by atoms with Crippen LogP contribution in [0.25, 0.3) is 0 Å². The molecule has 23 heavy (non-hydrogen) atoms. The maximum atomic E-state index is 12.6. The smallest absolute Gasteiger partial charge is 0.239 e. The molecule has 0 bridgehead atoms. The molecule has 1 aliphatic rings. The van der Waals surface area contributed by atoms with Crippen LogP contribution in [0.1, 0.15) is 29.5 Å². The Morgan fingerprint density at radius 3 is 2.43 bits per heavy atom. The van der Waals surface area contributed by atoms with Gasteiger partial charge in [-0.25, -0.2) is 0 Å². The van der Waals surface area contributed by atoms with Crippen LogP contribution >= 0.6 is 0 Å². The maximum Gasteiger partial charge on any atom is 0.239 e. The number of likely N-dealkylation sites (N-methyl/N-ethyl adjacent to an activating group) is 1. The Morgan fingerprint density at radius 2 is 1.91 bits per heavy atom. The summed E-state index contributed by atoms with van der Waals surface area (Å²) in [5.74, 6) is 1.13. The Kier molecular flexibility index (Phi) is 6.02. The molecular weight excluding hydrogens is 292 g/mol. The van der Waals surface area contributed by atoms with Gasteiger partial charge >= 0.3 is 0 Å². The number of rotatable bonds is 5. The molecule has 0 aliphatic carbocycles. The molecule has 1 heterocycles. The zero-order valence-corrected chi connectivity index (χ0v) is 14.6. The minimum absolute atomic E-state index is 0.00280. The summed E-state index contributed by atoms with van der Waals surface area (Å²) in [6.07, 6.45) is 1.73. The number of methoxy groups -OCH3 is 1. The first-order chi connectivity index (χ1) is 10.9. The number of benzene rings is 1. The average molecular weight is 320 g/mol. The van der Waals surface area contributed by atoms with Crippen molar-refractivity contribution in [2.45, 2.75) is 39.3 Å². The lowest BCUT2D eigenvalue weighted by Crippen LogP contribution is -2.47. The largest absolute Gasteiger partial charge is 0.496 e. The molecule has 0 radical (unpaired) electrons. The lowest BCUT2D eigenvalue weighted by molar-refractivity contribution is -0.133. The van der Waals surface area contributed by atoms with Crippen LogP contribution in [0, 0.1) is 19.8 Å². The van der Waals surface area contributed by atoms with Crippen LogP contribution in [-0.2, 0) is 16.1 Å². The number of aryl methyl sites for hydroxylation is 2. The van der Waals surface area contributed by atoms with Crippen LogP contribution in [0.2, 0.25) is 0 Å². The Hall–Kier alpha value is -1.59. The van der Waals surface area contributed by atoms with Gasteiger partial charge in [0.05, 0.1) is 13.2 Å². The Bertz CT molecular complexity index is 530.